The van der Waals surface area contributed by atoms with Gasteiger partial charge in [0, 0.05) is 13.1 Å². The number of rotatable bonds is 4. The first-order valence-corrected chi connectivity index (χ1v) is 6.78. The van der Waals surface area contributed by atoms with Gasteiger partial charge in [0.25, 0.3) is 0 Å². The van der Waals surface area contributed by atoms with E-state index in [2.05, 4.69) is 50.0 Å². The van der Waals surface area contributed by atoms with Crippen molar-refractivity contribution in [1.82, 2.24) is 5.32 Å². The molecule has 0 saturated heterocycles. The van der Waals surface area contributed by atoms with E-state index in [1.807, 2.05) is 0 Å². The minimum absolute atomic E-state index is 0.0674. The number of nitrogens with one attached hydrogen (secondary N) is 1. The third kappa shape index (κ3) is 2.36. The maximum absolute atomic E-state index is 6.09. The van der Waals surface area contributed by atoms with Gasteiger partial charge in [0.05, 0.1) is 5.54 Å². The van der Waals surface area contributed by atoms with Crippen LogP contribution in [-0.2, 0) is 5.54 Å². The van der Waals surface area contributed by atoms with Crippen molar-refractivity contribution in [3.63, 3.8) is 0 Å². The van der Waals surface area contributed by atoms with Gasteiger partial charge in [0.2, 0.25) is 0 Å². The van der Waals surface area contributed by atoms with Crippen molar-refractivity contribution in [2.75, 3.05) is 13.1 Å². The summed E-state index contributed by atoms with van der Waals surface area (Å²) in [6.45, 7) is 9.80. The molecular weight excluding hydrogens is 220 g/mol. The Morgan fingerprint density at radius 1 is 1.50 bits per heavy atom. The second-order valence-electron chi connectivity index (χ2n) is 5.62. The van der Waals surface area contributed by atoms with E-state index in [-0.39, 0.29) is 5.54 Å². The van der Waals surface area contributed by atoms with Crippen molar-refractivity contribution in [2.45, 2.75) is 38.1 Å². The van der Waals surface area contributed by atoms with Crippen LogP contribution in [0.4, 0.5) is 0 Å². The Kier molecular flexibility index (Phi) is 3.88. The van der Waals surface area contributed by atoms with Crippen LogP contribution in [0.1, 0.15) is 43.7 Å². The highest BCUT2D eigenvalue weighted by atomic mass is 15.0. The predicted octanol–water partition coefficient (Wildman–Crippen LogP) is 2.90. The molecule has 98 valence electrons. The average molecular weight is 244 g/mol. The first-order chi connectivity index (χ1) is 8.59. The van der Waals surface area contributed by atoms with Gasteiger partial charge >= 0.3 is 0 Å². The van der Waals surface area contributed by atoms with E-state index < -0.39 is 0 Å². The third-order valence-corrected chi connectivity index (χ3v) is 4.09. The topological polar surface area (TPSA) is 38.0 Å². The van der Waals surface area contributed by atoms with E-state index in [4.69, 9.17) is 5.73 Å². The number of hydrogen-bond donors (Lipinski definition) is 2. The SMILES string of the molecule is C=C(C)CNC1(CN)CCC(C)c2ccccc21. The second-order valence-corrected chi connectivity index (χ2v) is 5.62. The van der Waals surface area contributed by atoms with E-state index >= 15 is 0 Å². The number of nitrogens with two attached hydrogens (primary N) is 1. The quantitative estimate of drug-likeness (QED) is 0.799. The monoisotopic (exact) mass is 244 g/mol. The van der Waals surface area contributed by atoms with Crippen molar-refractivity contribution < 1.29 is 0 Å². The summed E-state index contributed by atoms with van der Waals surface area (Å²) in [5.74, 6) is 0.632. The van der Waals surface area contributed by atoms with Gasteiger partial charge in [0.1, 0.15) is 0 Å². The molecule has 0 aromatic heterocycles. The molecule has 2 atom stereocenters. The molecule has 2 unspecified atom stereocenters. The zero-order valence-corrected chi connectivity index (χ0v) is 11.5. The van der Waals surface area contributed by atoms with E-state index in [9.17, 15) is 0 Å². The molecule has 2 nitrogen and oxygen atoms in total. The van der Waals surface area contributed by atoms with Crippen molar-refractivity contribution in [1.29, 1.82) is 0 Å². The smallest absolute Gasteiger partial charge is 0.0564 e. The fourth-order valence-corrected chi connectivity index (χ4v) is 2.90. The van der Waals surface area contributed by atoms with Gasteiger partial charge in [-0.3, -0.25) is 0 Å². The Balaban J connectivity index is 2.37. The Labute approximate surface area is 110 Å². The summed E-state index contributed by atoms with van der Waals surface area (Å²) in [5, 5.41) is 3.64. The first kappa shape index (κ1) is 13.3. The molecule has 3 N–H and O–H groups in total. The lowest BCUT2D eigenvalue weighted by Gasteiger charge is -2.41. The van der Waals surface area contributed by atoms with Gasteiger partial charge in [-0.25, -0.2) is 0 Å². The summed E-state index contributed by atoms with van der Waals surface area (Å²) in [7, 11) is 0. The highest BCUT2D eigenvalue weighted by Gasteiger charge is 2.36. The zero-order chi connectivity index (χ0) is 13.2. The van der Waals surface area contributed by atoms with Crippen LogP contribution < -0.4 is 11.1 Å². The van der Waals surface area contributed by atoms with Gasteiger partial charge in [0.15, 0.2) is 0 Å². The van der Waals surface area contributed by atoms with E-state index in [0.717, 1.165) is 18.5 Å². The highest BCUT2D eigenvalue weighted by Crippen LogP contribution is 2.40. The normalized spacial score (nSPS) is 26.7. The predicted molar refractivity (Wildman–Crippen MR) is 77.6 cm³/mol. The molecule has 0 fully saturated rings. The highest BCUT2D eigenvalue weighted by molar-refractivity contribution is 5.39. The maximum atomic E-state index is 6.09. The van der Waals surface area contributed by atoms with Gasteiger partial charge < -0.3 is 11.1 Å². The summed E-state index contributed by atoms with van der Waals surface area (Å²) in [5.41, 5.74) is 10.0. The summed E-state index contributed by atoms with van der Waals surface area (Å²) >= 11 is 0. The molecule has 0 amide bonds. The van der Waals surface area contributed by atoms with Crippen molar-refractivity contribution in [3.05, 3.63) is 47.5 Å². The van der Waals surface area contributed by atoms with Crippen molar-refractivity contribution in [2.24, 2.45) is 5.73 Å². The standard InChI is InChI=1S/C16H24N2/c1-12(2)10-18-16(11-17)9-8-13(3)14-6-4-5-7-15(14)16/h4-7,13,18H,1,8-11,17H2,2-3H3. The summed E-state index contributed by atoms with van der Waals surface area (Å²) in [6.07, 6.45) is 2.30. The fourth-order valence-electron chi connectivity index (χ4n) is 2.90. The van der Waals surface area contributed by atoms with E-state index in [1.165, 1.54) is 17.5 Å². The van der Waals surface area contributed by atoms with Crippen LogP contribution in [-0.4, -0.2) is 13.1 Å². The lowest BCUT2D eigenvalue weighted by Crippen LogP contribution is -2.51. The van der Waals surface area contributed by atoms with Gasteiger partial charge in [-0.2, -0.15) is 0 Å². The molecule has 1 aromatic rings. The molecule has 1 aromatic carbocycles. The fraction of sp³-hybridized carbons (Fsp3) is 0.500. The Morgan fingerprint density at radius 3 is 2.89 bits per heavy atom. The lowest BCUT2D eigenvalue weighted by molar-refractivity contribution is 0.289. The molecule has 0 spiro atoms. The van der Waals surface area contributed by atoms with E-state index in [1.54, 1.807) is 0 Å². The van der Waals surface area contributed by atoms with Crippen LogP contribution in [0.15, 0.2) is 36.4 Å². The number of fused-ring (bicyclic) bond motifs is 1. The van der Waals surface area contributed by atoms with Crippen LogP contribution in [0, 0.1) is 0 Å². The largest absolute Gasteiger partial charge is 0.328 e. The molecule has 0 radical (unpaired) electrons. The Hall–Kier alpha value is -1.12. The average Bonchev–Trinajstić information content (AvgIpc) is 2.39. The third-order valence-electron chi connectivity index (χ3n) is 4.09. The van der Waals surface area contributed by atoms with Crippen molar-refractivity contribution >= 4 is 0 Å². The Bertz CT molecular complexity index is 438. The molecular formula is C16H24N2. The van der Waals surface area contributed by atoms with Gasteiger partial charge in [-0.1, -0.05) is 43.3 Å². The zero-order valence-electron chi connectivity index (χ0n) is 11.5. The van der Waals surface area contributed by atoms with Crippen LogP contribution in [0.2, 0.25) is 0 Å². The lowest BCUT2D eigenvalue weighted by atomic mass is 9.72. The maximum Gasteiger partial charge on any atom is 0.0564 e. The molecule has 0 heterocycles. The minimum Gasteiger partial charge on any atom is -0.328 e. The molecule has 0 saturated carbocycles. The summed E-state index contributed by atoms with van der Waals surface area (Å²) in [6, 6.07) is 8.71. The molecule has 1 aliphatic rings. The molecule has 18 heavy (non-hydrogen) atoms. The number of benzene rings is 1. The minimum atomic E-state index is -0.0674. The van der Waals surface area contributed by atoms with Crippen LogP contribution in [0.25, 0.3) is 0 Å². The first-order valence-electron chi connectivity index (χ1n) is 6.78. The van der Waals surface area contributed by atoms with Crippen LogP contribution in [0.5, 0.6) is 0 Å². The molecule has 2 rings (SSSR count). The summed E-state index contributed by atoms with van der Waals surface area (Å²) in [4.78, 5) is 0. The van der Waals surface area contributed by atoms with Gasteiger partial charge in [-0.05, 0) is 36.8 Å². The van der Waals surface area contributed by atoms with E-state index in [0.29, 0.717) is 12.5 Å². The Morgan fingerprint density at radius 2 is 2.22 bits per heavy atom. The summed E-state index contributed by atoms with van der Waals surface area (Å²) < 4.78 is 0. The molecule has 0 bridgehead atoms. The van der Waals surface area contributed by atoms with Crippen LogP contribution in [0.3, 0.4) is 0 Å². The van der Waals surface area contributed by atoms with Crippen LogP contribution >= 0.6 is 0 Å². The second kappa shape index (κ2) is 5.25. The van der Waals surface area contributed by atoms with Crippen molar-refractivity contribution in [3.8, 4) is 0 Å². The van der Waals surface area contributed by atoms with Gasteiger partial charge in [-0.15, -0.1) is 0 Å². The molecule has 2 heteroatoms. The molecule has 0 aliphatic heterocycles. The number of hydrogen-bond acceptors (Lipinski definition) is 2. The molecule has 1 aliphatic carbocycles.